The van der Waals surface area contributed by atoms with E-state index in [-0.39, 0.29) is 6.29 Å². The molecule has 5 nitrogen and oxygen atoms in total. The zero-order valence-electron chi connectivity index (χ0n) is 11.7. The van der Waals surface area contributed by atoms with Gasteiger partial charge >= 0.3 is 0 Å². The van der Waals surface area contributed by atoms with Crippen LogP contribution in [0.25, 0.3) is 0 Å². The van der Waals surface area contributed by atoms with Crippen molar-refractivity contribution in [1.82, 2.24) is 5.32 Å². The number of Topliss-reactive ketones (excluding diaryl/α,β-unsaturated/α-hetero) is 1. The minimum Gasteiger partial charge on any atom is -0.382 e. The van der Waals surface area contributed by atoms with Gasteiger partial charge in [0.2, 0.25) is 5.78 Å². The van der Waals surface area contributed by atoms with Gasteiger partial charge in [0.05, 0.1) is 6.04 Å². The number of aliphatic hydroxyl groups is 1. The van der Waals surface area contributed by atoms with Crippen molar-refractivity contribution in [1.29, 1.82) is 0 Å². The van der Waals surface area contributed by atoms with Crippen LogP contribution in [0.2, 0.25) is 0 Å². The molecule has 2 rings (SSSR count). The largest absolute Gasteiger partial charge is 0.382 e. The number of hydrogen-bond acceptors (Lipinski definition) is 4. The smallest absolute Gasteiger partial charge is 0.251 e. The minimum atomic E-state index is -1.63. The van der Waals surface area contributed by atoms with Gasteiger partial charge < -0.3 is 10.4 Å². The van der Waals surface area contributed by atoms with Crippen molar-refractivity contribution in [2.45, 2.75) is 12.1 Å². The summed E-state index contributed by atoms with van der Waals surface area (Å²) < 4.78 is 0. The SMILES string of the molecule is O=CC(=O)C(O)[C@@H](NC(=O)c1ccccc1)c1ccccc1. The molecular weight excluding hydrogens is 282 g/mol. The van der Waals surface area contributed by atoms with Crippen molar-refractivity contribution in [2.75, 3.05) is 0 Å². The number of aldehydes is 1. The molecule has 0 saturated carbocycles. The summed E-state index contributed by atoms with van der Waals surface area (Å²) in [6.07, 6.45) is -1.58. The maximum atomic E-state index is 12.2. The number of carbonyl (C=O) groups is 3. The Morgan fingerprint density at radius 3 is 2.05 bits per heavy atom. The first-order valence-electron chi connectivity index (χ1n) is 6.71. The summed E-state index contributed by atoms with van der Waals surface area (Å²) in [5, 5.41) is 12.6. The fourth-order valence-corrected chi connectivity index (χ4v) is 2.05. The van der Waals surface area contributed by atoms with Crippen molar-refractivity contribution >= 4 is 18.0 Å². The zero-order chi connectivity index (χ0) is 15.9. The summed E-state index contributed by atoms with van der Waals surface area (Å²) >= 11 is 0. The molecule has 2 aromatic carbocycles. The zero-order valence-corrected chi connectivity index (χ0v) is 11.7. The van der Waals surface area contributed by atoms with Gasteiger partial charge in [0.25, 0.3) is 5.91 Å². The average Bonchev–Trinajstić information content (AvgIpc) is 2.59. The monoisotopic (exact) mass is 297 g/mol. The first-order chi connectivity index (χ1) is 10.6. The number of rotatable bonds is 6. The molecule has 0 heterocycles. The molecule has 0 bridgehead atoms. The number of hydrogen-bond donors (Lipinski definition) is 2. The molecule has 0 aromatic heterocycles. The summed E-state index contributed by atoms with van der Waals surface area (Å²) in [6.45, 7) is 0. The summed E-state index contributed by atoms with van der Waals surface area (Å²) in [7, 11) is 0. The van der Waals surface area contributed by atoms with Gasteiger partial charge in [-0.05, 0) is 17.7 Å². The Hall–Kier alpha value is -2.79. The highest BCUT2D eigenvalue weighted by Gasteiger charge is 2.28. The molecule has 0 spiro atoms. The predicted octanol–water partition coefficient (Wildman–Crippen LogP) is 1.29. The van der Waals surface area contributed by atoms with Crippen molar-refractivity contribution in [3.63, 3.8) is 0 Å². The lowest BCUT2D eigenvalue weighted by Gasteiger charge is -2.22. The molecule has 0 aliphatic heterocycles. The molecule has 0 aliphatic carbocycles. The van der Waals surface area contributed by atoms with E-state index in [0.29, 0.717) is 11.1 Å². The molecule has 112 valence electrons. The van der Waals surface area contributed by atoms with Gasteiger partial charge in [-0.15, -0.1) is 0 Å². The molecule has 0 saturated heterocycles. The van der Waals surface area contributed by atoms with Crippen LogP contribution in [-0.2, 0) is 9.59 Å². The van der Waals surface area contributed by atoms with Gasteiger partial charge in [-0.2, -0.15) is 0 Å². The first kappa shape index (κ1) is 15.6. The van der Waals surface area contributed by atoms with E-state index in [9.17, 15) is 19.5 Å². The van der Waals surface area contributed by atoms with Gasteiger partial charge in [-0.3, -0.25) is 14.4 Å². The minimum absolute atomic E-state index is 0.0509. The quantitative estimate of drug-likeness (QED) is 0.621. The van der Waals surface area contributed by atoms with Crippen molar-refractivity contribution in [2.24, 2.45) is 0 Å². The molecule has 0 fully saturated rings. The molecule has 2 aromatic rings. The second kappa shape index (κ2) is 7.28. The molecule has 22 heavy (non-hydrogen) atoms. The van der Waals surface area contributed by atoms with Crippen LogP contribution in [0.1, 0.15) is 22.0 Å². The predicted molar refractivity (Wildman–Crippen MR) is 80.2 cm³/mol. The van der Waals surface area contributed by atoms with E-state index in [4.69, 9.17) is 0 Å². The lowest BCUT2D eigenvalue weighted by atomic mass is 9.98. The van der Waals surface area contributed by atoms with Crippen molar-refractivity contribution in [3.8, 4) is 0 Å². The van der Waals surface area contributed by atoms with Gasteiger partial charge in [0.15, 0.2) is 6.29 Å². The Kier molecular flexibility index (Phi) is 5.16. The van der Waals surface area contributed by atoms with Crippen LogP contribution < -0.4 is 5.32 Å². The van der Waals surface area contributed by atoms with Crippen LogP contribution in [0, 0.1) is 0 Å². The normalized spacial score (nSPS) is 13.0. The third-order valence-electron chi connectivity index (χ3n) is 3.20. The van der Waals surface area contributed by atoms with E-state index in [1.54, 1.807) is 60.7 Å². The van der Waals surface area contributed by atoms with E-state index in [1.807, 2.05) is 0 Å². The van der Waals surface area contributed by atoms with E-state index < -0.39 is 23.8 Å². The average molecular weight is 297 g/mol. The molecular formula is C17H15NO4. The molecule has 1 amide bonds. The number of aliphatic hydroxyl groups excluding tert-OH is 1. The highest BCUT2D eigenvalue weighted by Crippen LogP contribution is 2.18. The molecule has 0 aliphatic rings. The number of nitrogens with one attached hydrogen (secondary N) is 1. The third kappa shape index (κ3) is 3.65. The maximum absolute atomic E-state index is 12.2. The van der Waals surface area contributed by atoms with Crippen LogP contribution in [0.5, 0.6) is 0 Å². The molecule has 2 N–H and O–H groups in total. The Morgan fingerprint density at radius 2 is 1.50 bits per heavy atom. The van der Waals surface area contributed by atoms with Gasteiger partial charge in [-0.1, -0.05) is 48.5 Å². The van der Waals surface area contributed by atoms with E-state index in [1.165, 1.54) is 0 Å². The summed E-state index contributed by atoms with van der Waals surface area (Å²) in [5.74, 6) is -1.42. The van der Waals surface area contributed by atoms with Crippen LogP contribution in [-0.4, -0.2) is 29.2 Å². The Balaban J connectivity index is 2.27. The Labute approximate surface area is 127 Å². The summed E-state index contributed by atoms with van der Waals surface area (Å²) in [5.41, 5.74) is 0.934. The van der Waals surface area contributed by atoms with Crippen LogP contribution in [0.3, 0.4) is 0 Å². The number of amides is 1. The molecule has 1 unspecified atom stereocenters. The number of benzene rings is 2. The summed E-state index contributed by atoms with van der Waals surface area (Å²) in [4.78, 5) is 34.3. The fraction of sp³-hybridized carbons (Fsp3) is 0.118. The van der Waals surface area contributed by atoms with Crippen LogP contribution >= 0.6 is 0 Å². The first-order valence-corrected chi connectivity index (χ1v) is 6.71. The number of carbonyl (C=O) groups excluding carboxylic acids is 3. The maximum Gasteiger partial charge on any atom is 0.251 e. The molecule has 2 atom stereocenters. The molecule has 0 radical (unpaired) electrons. The fourth-order valence-electron chi connectivity index (χ4n) is 2.05. The van der Waals surface area contributed by atoms with Crippen molar-refractivity contribution in [3.05, 3.63) is 71.8 Å². The highest BCUT2D eigenvalue weighted by atomic mass is 16.3. The van der Waals surface area contributed by atoms with Gasteiger partial charge in [0.1, 0.15) is 6.10 Å². The molecule has 5 heteroatoms. The van der Waals surface area contributed by atoms with E-state index >= 15 is 0 Å². The Bertz CT molecular complexity index is 655. The lowest BCUT2D eigenvalue weighted by Crippen LogP contribution is -2.40. The topological polar surface area (TPSA) is 83.5 Å². The highest BCUT2D eigenvalue weighted by molar-refractivity contribution is 6.27. The summed E-state index contributed by atoms with van der Waals surface area (Å²) in [6, 6.07) is 16.0. The third-order valence-corrected chi connectivity index (χ3v) is 3.20. The second-order valence-electron chi connectivity index (χ2n) is 4.69. The lowest BCUT2D eigenvalue weighted by molar-refractivity contribution is -0.136. The van der Waals surface area contributed by atoms with Crippen molar-refractivity contribution < 1.29 is 19.5 Å². The van der Waals surface area contributed by atoms with Gasteiger partial charge in [0, 0.05) is 5.56 Å². The van der Waals surface area contributed by atoms with Crippen LogP contribution in [0.4, 0.5) is 0 Å². The second-order valence-corrected chi connectivity index (χ2v) is 4.69. The van der Waals surface area contributed by atoms with Crippen LogP contribution in [0.15, 0.2) is 60.7 Å². The van der Waals surface area contributed by atoms with Gasteiger partial charge in [-0.25, -0.2) is 0 Å². The number of ketones is 1. The standard InChI is InChI=1S/C17H15NO4/c19-11-14(20)16(21)15(12-7-3-1-4-8-12)18-17(22)13-9-5-2-6-10-13/h1-11,15-16,21H,(H,18,22)/t15-,16?/m0/s1. The van der Waals surface area contributed by atoms with E-state index in [0.717, 1.165) is 0 Å². The van der Waals surface area contributed by atoms with E-state index in [2.05, 4.69) is 5.32 Å². The Morgan fingerprint density at radius 1 is 0.955 bits per heavy atom.